The summed E-state index contributed by atoms with van der Waals surface area (Å²) in [6.07, 6.45) is 2.01. The molecular formula is C11H23N5. The van der Waals surface area contributed by atoms with E-state index in [2.05, 4.69) is 36.3 Å². The summed E-state index contributed by atoms with van der Waals surface area (Å²) in [5.41, 5.74) is 7.84. The third kappa shape index (κ3) is 3.13. The van der Waals surface area contributed by atoms with Gasteiger partial charge in [0, 0.05) is 20.1 Å². The van der Waals surface area contributed by atoms with Crippen LogP contribution in [0.3, 0.4) is 0 Å². The molecule has 0 atom stereocenters. The second-order valence-electron chi connectivity index (χ2n) is 4.31. The number of nitrogens with one attached hydrogen (secondary N) is 1. The van der Waals surface area contributed by atoms with Crippen molar-refractivity contribution in [3.8, 4) is 0 Å². The molecule has 5 nitrogen and oxygen atoms in total. The molecule has 0 spiro atoms. The third-order valence-electron chi connectivity index (χ3n) is 2.50. The average molecular weight is 225 g/mol. The van der Waals surface area contributed by atoms with E-state index in [-0.39, 0.29) is 0 Å². The number of anilines is 2. The second kappa shape index (κ2) is 5.75. The maximum Gasteiger partial charge on any atom is 0.147 e. The van der Waals surface area contributed by atoms with Gasteiger partial charge in [-0.2, -0.15) is 5.10 Å². The smallest absolute Gasteiger partial charge is 0.147 e. The Kier molecular flexibility index (Phi) is 4.61. The van der Waals surface area contributed by atoms with E-state index in [1.54, 1.807) is 0 Å². The molecule has 0 bridgehead atoms. The van der Waals surface area contributed by atoms with Gasteiger partial charge in [-0.25, -0.2) is 0 Å². The molecule has 0 fully saturated rings. The Morgan fingerprint density at radius 3 is 2.69 bits per heavy atom. The van der Waals surface area contributed by atoms with Gasteiger partial charge in [-0.3, -0.25) is 4.68 Å². The van der Waals surface area contributed by atoms with E-state index in [1.165, 1.54) is 0 Å². The van der Waals surface area contributed by atoms with Gasteiger partial charge in [0.25, 0.3) is 0 Å². The summed E-state index contributed by atoms with van der Waals surface area (Å²) < 4.78 is 1.83. The van der Waals surface area contributed by atoms with Crippen molar-refractivity contribution in [2.45, 2.75) is 19.8 Å². The largest absolute Gasteiger partial charge is 0.394 e. The lowest BCUT2D eigenvalue weighted by atomic mass is 10.2. The Morgan fingerprint density at radius 2 is 2.12 bits per heavy atom. The Morgan fingerprint density at radius 1 is 1.44 bits per heavy atom. The van der Waals surface area contributed by atoms with Crippen molar-refractivity contribution < 1.29 is 0 Å². The van der Waals surface area contributed by atoms with Crippen molar-refractivity contribution in [1.82, 2.24) is 14.7 Å². The summed E-state index contributed by atoms with van der Waals surface area (Å²) in [5.74, 6) is 0.935. The predicted octanol–water partition coefficient (Wildman–Crippen LogP) is 0.928. The number of aryl methyl sites for hydroxylation is 2. The Balaban J connectivity index is 2.64. The monoisotopic (exact) mass is 225 g/mol. The minimum absolute atomic E-state index is 0.795. The molecular weight excluding hydrogens is 202 g/mol. The highest BCUT2D eigenvalue weighted by Crippen LogP contribution is 2.22. The molecule has 0 aliphatic rings. The van der Waals surface area contributed by atoms with Crippen LogP contribution in [0.2, 0.25) is 0 Å². The van der Waals surface area contributed by atoms with Crippen molar-refractivity contribution in [2.75, 3.05) is 38.2 Å². The molecule has 0 saturated carbocycles. The molecule has 5 heteroatoms. The summed E-state index contributed by atoms with van der Waals surface area (Å²) in [6.45, 7) is 3.99. The topological polar surface area (TPSA) is 59.1 Å². The molecule has 1 heterocycles. The van der Waals surface area contributed by atoms with Gasteiger partial charge in [-0.05, 0) is 20.5 Å². The van der Waals surface area contributed by atoms with Crippen molar-refractivity contribution in [1.29, 1.82) is 0 Å². The Bertz CT molecular complexity index is 329. The Hall–Kier alpha value is -1.23. The molecule has 16 heavy (non-hydrogen) atoms. The summed E-state index contributed by atoms with van der Waals surface area (Å²) >= 11 is 0. The highest BCUT2D eigenvalue weighted by atomic mass is 15.3. The van der Waals surface area contributed by atoms with Crippen LogP contribution in [0.1, 0.15) is 19.0 Å². The van der Waals surface area contributed by atoms with Crippen LogP contribution >= 0.6 is 0 Å². The molecule has 1 aromatic heterocycles. The van der Waals surface area contributed by atoms with Gasteiger partial charge in [0.15, 0.2) is 0 Å². The van der Waals surface area contributed by atoms with Gasteiger partial charge in [-0.15, -0.1) is 0 Å². The lowest BCUT2D eigenvalue weighted by Gasteiger charge is -2.11. The van der Waals surface area contributed by atoms with E-state index in [0.717, 1.165) is 43.1 Å². The van der Waals surface area contributed by atoms with Gasteiger partial charge in [-0.1, -0.05) is 13.3 Å². The lowest BCUT2D eigenvalue weighted by Crippen LogP contribution is -2.22. The molecule has 0 unspecified atom stereocenters. The molecule has 1 aromatic rings. The van der Waals surface area contributed by atoms with E-state index in [9.17, 15) is 0 Å². The number of likely N-dealkylation sites (N-methyl/N-ethyl adjacent to an activating group) is 1. The van der Waals surface area contributed by atoms with Gasteiger partial charge >= 0.3 is 0 Å². The molecule has 0 saturated heterocycles. The van der Waals surface area contributed by atoms with Gasteiger partial charge in [0.1, 0.15) is 5.82 Å². The first-order valence-corrected chi connectivity index (χ1v) is 5.76. The van der Waals surface area contributed by atoms with Gasteiger partial charge < -0.3 is 16.0 Å². The SMILES string of the molecule is CCCc1nn(C)c(NCCN(C)C)c1N. The third-order valence-corrected chi connectivity index (χ3v) is 2.50. The highest BCUT2D eigenvalue weighted by molar-refractivity contribution is 5.65. The van der Waals surface area contributed by atoms with E-state index in [0.29, 0.717) is 0 Å². The number of aromatic nitrogens is 2. The highest BCUT2D eigenvalue weighted by Gasteiger charge is 2.11. The molecule has 0 aliphatic carbocycles. The summed E-state index contributed by atoms with van der Waals surface area (Å²) in [6, 6.07) is 0. The fraction of sp³-hybridized carbons (Fsp3) is 0.727. The van der Waals surface area contributed by atoms with E-state index < -0.39 is 0 Å². The maximum atomic E-state index is 6.05. The van der Waals surface area contributed by atoms with Crippen LogP contribution in [0.15, 0.2) is 0 Å². The molecule has 0 aromatic carbocycles. The quantitative estimate of drug-likeness (QED) is 0.756. The number of nitrogen functional groups attached to an aromatic ring is 1. The maximum absolute atomic E-state index is 6.05. The zero-order valence-corrected chi connectivity index (χ0v) is 10.7. The molecule has 0 aliphatic heterocycles. The number of hydrogen-bond acceptors (Lipinski definition) is 4. The van der Waals surface area contributed by atoms with Crippen molar-refractivity contribution in [2.24, 2.45) is 7.05 Å². The van der Waals surface area contributed by atoms with Gasteiger partial charge in [0.05, 0.1) is 11.4 Å². The molecule has 1 rings (SSSR count). The predicted molar refractivity (Wildman–Crippen MR) is 68.7 cm³/mol. The van der Waals surface area contributed by atoms with Crippen LogP contribution < -0.4 is 11.1 Å². The number of nitrogens with zero attached hydrogens (tertiary/aromatic N) is 3. The summed E-state index contributed by atoms with van der Waals surface area (Å²) in [5, 5.41) is 7.74. The zero-order chi connectivity index (χ0) is 12.1. The van der Waals surface area contributed by atoms with Crippen LogP contribution in [0.25, 0.3) is 0 Å². The van der Waals surface area contributed by atoms with Crippen molar-refractivity contribution >= 4 is 11.5 Å². The van der Waals surface area contributed by atoms with Crippen LogP contribution in [-0.4, -0.2) is 41.9 Å². The normalized spacial score (nSPS) is 11.1. The van der Waals surface area contributed by atoms with Crippen molar-refractivity contribution in [3.05, 3.63) is 5.69 Å². The minimum Gasteiger partial charge on any atom is -0.394 e. The number of hydrogen-bond donors (Lipinski definition) is 2. The van der Waals surface area contributed by atoms with Crippen molar-refractivity contribution in [3.63, 3.8) is 0 Å². The molecule has 0 amide bonds. The van der Waals surface area contributed by atoms with E-state index >= 15 is 0 Å². The molecule has 92 valence electrons. The average Bonchev–Trinajstić information content (AvgIpc) is 2.45. The van der Waals surface area contributed by atoms with Crippen LogP contribution in [0.4, 0.5) is 11.5 Å². The summed E-state index contributed by atoms with van der Waals surface area (Å²) in [7, 11) is 6.03. The lowest BCUT2D eigenvalue weighted by molar-refractivity contribution is 0.425. The number of nitrogens with two attached hydrogens (primary N) is 1. The summed E-state index contributed by atoms with van der Waals surface area (Å²) in [4.78, 5) is 2.13. The first kappa shape index (κ1) is 12.8. The zero-order valence-electron chi connectivity index (χ0n) is 10.7. The van der Waals surface area contributed by atoms with Crippen LogP contribution in [0, 0.1) is 0 Å². The van der Waals surface area contributed by atoms with E-state index in [4.69, 9.17) is 5.73 Å². The van der Waals surface area contributed by atoms with Gasteiger partial charge in [0.2, 0.25) is 0 Å². The first-order valence-electron chi connectivity index (χ1n) is 5.76. The van der Waals surface area contributed by atoms with Crippen LogP contribution in [0.5, 0.6) is 0 Å². The molecule has 3 N–H and O–H groups in total. The fourth-order valence-electron chi connectivity index (χ4n) is 1.62. The number of rotatable bonds is 6. The first-order chi connectivity index (χ1) is 7.56. The molecule has 0 radical (unpaired) electrons. The minimum atomic E-state index is 0.795. The Labute approximate surface area is 97.6 Å². The fourth-order valence-corrected chi connectivity index (χ4v) is 1.62. The standard InChI is InChI=1S/C11H23N5/c1-5-6-9-10(12)11(16(4)14-9)13-7-8-15(2)3/h13H,5-8,12H2,1-4H3. The van der Waals surface area contributed by atoms with Crippen LogP contribution in [-0.2, 0) is 13.5 Å². The second-order valence-corrected chi connectivity index (χ2v) is 4.31. The van der Waals surface area contributed by atoms with E-state index in [1.807, 2.05) is 11.7 Å².